The summed E-state index contributed by atoms with van der Waals surface area (Å²) in [6.45, 7) is 2.75. The van der Waals surface area contributed by atoms with Crippen LogP contribution in [0, 0.1) is 18.4 Å². The van der Waals surface area contributed by atoms with Crippen molar-refractivity contribution in [3.8, 4) is 12.3 Å². The molecule has 266 valence electrons. The largest absolute Gasteiger partial charge is 0.480 e. The van der Waals surface area contributed by atoms with E-state index in [1.54, 1.807) is 30.3 Å². The zero-order valence-electron chi connectivity index (χ0n) is 27.4. The Kier molecular flexibility index (Phi) is 13.2. The lowest BCUT2D eigenvalue weighted by molar-refractivity contribution is -0.152. The number of nitrogen functional groups attached to an aromatic ring is 1. The highest BCUT2D eigenvalue weighted by atomic mass is 31.2. The molecule has 0 radical (unpaired) electrons. The SMILES string of the molecule is C#C[C@]1(CO[P@@](=O)(NC(Cc2ccccc2)C(=O)O)OC(C)C(=O)OCCCCCCCC)O[C@@H](n2cnc3c(N)nc(F)nc32)C[C@@H]1O. The van der Waals surface area contributed by atoms with Gasteiger partial charge in [0.15, 0.2) is 28.7 Å². The summed E-state index contributed by atoms with van der Waals surface area (Å²) >= 11 is 0. The maximum absolute atomic E-state index is 14.3. The third kappa shape index (κ3) is 9.81. The lowest BCUT2D eigenvalue weighted by atomic mass is 9.99. The molecule has 0 aliphatic carbocycles. The molecule has 0 spiro atoms. The van der Waals surface area contributed by atoms with Crippen molar-refractivity contribution in [3.63, 3.8) is 0 Å². The molecule has 3 aromatic rings. The van der Waals surface area contributed by atoms with Gasteiger partial charge in [0.2, 0.25) is 0 Å². The van der Waals surface area contributed by atoms with Gasteiger partial charge in [-0.1, -0.05) is 75.3 Å². The van der Waals surface area contributed by atoms with Crippen molar-refractivity contribution in [3.05, 3.63) is 48.3 Å². The number of nitrogens with two attached hydrogens (primary N) is 1. The molecule has 1 saturated heterocycles. The van der Waals surface area contributed by atoms with Crippen molar-refractivity contribution < 1.29 is 47.3 Å². The molecule has 4 rings (SSSR count). The van der Waals surface area contributed by atoms with Crippen LogP contribution in [0.2, 0.25) is 0 Å². The van der Waals surface area contributed by atoms with Gasteiger partial charge in [-0.15, -0.1) is 6.42 Å². The fraction of sp³-hybridized carbons (Fsp3) is 0.531. The van der Waals surface area contributed by atoms with Crippen LogP contribution in [0.25, 0.3) is 11.2 Å². The Labute approximate surface area is 283 Å². The quantitative estimate of drug-likeness (QED) is 0.0458. The van der Waals surface area contributed by atoms with Gasteiger partial charge in [0.1, 0.15) is 25.0 Å². The van der Waals surface area contributed by atoms with Crippen molar-refractivity contribution in [1.29, 1.82) is 0 Å². The van der Waals surface area contributed by atoms with Gasteiger partial charge in [0.05, 0.1) is 12.9 Å². The second kappa shape index (κ2) is 17.1. The molecular formula is C32H42FN6O9P. The molecule has 0 amide bonds. The molecule has 6 atom stereocenters. The minimum Gasteiger partial charge on any atom is -0.480 e. The first-order valence-corrected chi connectivity index (χ1v) is 17.6. The average molecular weight is 705 g/mol. The molecule has 0 saturated carbocycles. The highest BCUT2D eigenvalue weighted by Crippen LogP contribution is 2.49. The van der Waals surface area contributed by atoms with E-state index in [1.807, 2.05) is 0 Å². The lowest BCUT2D eigenvalue weighted by Crippen LogP contribution is -2.44. The Hall–Kier alpha value is -3.97. The van der Waals surface area contributed by atoms with Gasteiger partial charge in [0, 0.05) is 6.42 Å². The molecule has 2 unspecified atom stereocenters. The fourth-order valence-corrected chi connectivity index (χ4v) is 6.92. The summed E-state index contributed by atoms with van der Waals surface area (Å²) in [6.07, 6.45) is 7.56. The number of halogens is 1. The number of terminal acetylenes is 1. The van der Waals surface area contributed by atoms with Gasteiger partial charge < -0.3 is 25.4 Å². The van der Waals surface area contributed by atoms with Crippen LogP contribution >= 0.6 is 7.75 Å². The highest BCUT2D eigenvalue weighted by molar-refractivity contribution is 7.51. The monoisotopic (exact) mass is 704 g/mol. The maximum Gasteiger partial charge on any atom is 0.407 e. The number of rotatable bonds is 19. The van der Waals surface area contributed by atoms with Gasteiger partial charge in [-0.25, -0.2) is 19.4 Å². The number of nitrogens with zero attached hydrogens (tertiary/aromatic N) is 4. The van der Waals surface area contributed by atoms with Crippen LogP contribution < -0.4 is 10.8 Å². The number of nitrogens with one attached hydrogen (secondary N) is 1. The molecule has 5 N–H and O–H groups in total. The Morgan fingerprint density at radius 2 is 1.96 bits per heavy atom. The number of carboxylic acids is 1. The number of carbonyl (C=O) groups is 2. The van der Waals surface area contributed by atoms with Crippen molar-refractivity contribution >= 4 is 36.7 Å². The minimum atomic E-state index is -4.72. The molecule has 1 aliphatic rings. The van der Waals surface area contributed by atoms with E-state index in [9.17, 15) is 28.8 Å². The second-order valence-electron chi connectivity index (χ2n) is 11.7. The smallest absolute Gasteiger partial charge is 0.407 e. The van der Waals surface area contributed by atoms with Gasteiger partial charge in [0.25, 0.3) is 0 Å². The number of hydrogen-bond donors (Lipinski definition) is 4. The van der Waals surface area contributed by atoms with E-state index in [4.69, 9.17) is 30.7 Å². The number of carboxylic acid groups (broad SMARTS) is 1. The van der Waals surface area contributed by atoms with E-state index in [1.165, 1.54) is 17.8 Å². The summed E-state index contributed by atoms with van der Waals surface area (Å²) in [7, 11) is -4.72. The number of unbranched alkanes of at least 4 members (excludes halogenated alkanes) is 5. The van der Waals surface area contributed by atoms with E-state index in [-0.39, 0.29) is 36.4 Å². The summed E-state index contributed by atoms with van der Waals surface area (Å²) in [5.41, 5.74) is 4.47. The van der Waals surface area contributed by atoms with Crippen LogP contribution in [-0.2, 0) is 39.1 Å². The zero-order chi connectivity index (χ0) is 35.6. The summed E-state index contributed by atoms with van der Waals surface area (Å²) in [4.78, 5) is 36.4. The van der Waals surface area contributed by atoms with E-state index in [0.717, 1.165) is 32.1 Å². The number of imidazole rings is 1. The number of aliphatic hydroxyl groups is 1. The molecule has 1 fully saturated rings. The summed E-state index contributed by atoms with van der Waals surface area (Å²) in [6, 6.07) is 7.06. The molecule has 3 heterocycles. The molecule has 2 aromatic heterocycles. The molecule has 0 bridgehead atoms. The number of anilines is 1. The number of hydrogen-bond acceptors (Lipinski definition) is 12. The Balaban J connectivity index is 1.51. The lowest BCUT2D eigenvalue weighted by Gasteiger charge is -2.30. The summed E-state index contributed by atoms with van der Waals surface area (Å²) < 4.78 is 52.1. The standard InChI is InChI=1S/C32H42FN6O9P/c1-4-6-7-8-9-13-16-45-30(43)21(3)48-49(44,38-23(29(41)42)17-22-14-11-10-12-15-22)46-19-32(5-2)24(40)18-25(47-32)39-20-35-26-27(34)36-31(33)37-28(26)39/h2,10-12,14-15,20-21,23-25,40H,4,6-9,13,16-19H2,1,3H3,(H,38,44)(H,41,42)(H2,34,36,37)/t21?,23?,24-,25+,32+,49-/m0/s1. The Morgan fingerprint density at radius 1 is 1.24 bits per heavy atom. The predicted octanol–water partition coefficient (Wildman–Crippen LogP) is 3.92. The van der Waals surface area contributed by atoms with Crippen LogP contribution in [0.4, 0.5) is 10.2 Å². The second-order valence-corrected chi connectivity index (χ2v) is 13.4. The normalized spacial score (nSPS) is 21.5. The molecular weight excluding hydrogens is 662 g/mol. The third-order valence-electron chi connectivity index (χ3n) is 8.00. The van der Waals surface area contributed by atoms with Crippen LogP contribution in [-0.4, -0.2) is 78.7 Å². The average Bonchev–Trinajstić information content (AvgIpc) is 3.64. The summed E-state index contributed by atoms with van der Waals surface area (Å²) in [5, 5.41) is 23.5. The molecule has 49 heavy (non-hydrogen) atoms. The summed E-state index contributed by atoms with van der Waals surface area (Å²) in [5.74, 6) is -0.0882. The number of aromatic nitrogens is 4. The Bertz CT molecular complexity index is 1670. The van der Waals surface area contributed by atoms with E-state index < -0.39 is 62.4 Å². The fourth-order valence-electron chi connectivity index (χ4n) is 5.28. The van der Waals surface area contributed by atoms with Crippen LogP contribution in [0.5, 0.6) is 0 Å². The van der Waals surface area contributed by atoms with E-state index in [0.29, 0.717) is 12.0 Å². The topological polar surface area (TPSA) is 210 Å². The van der Waals surface area contributed by atoms with Gasteiger partial charge in [-0.2, -0.15) is 14.4 Å². The van der Waals surface area contributed by atoms with Crippen molar-refractivity contribution in [2.75, 3.05) is 18.9 Å². The number of aliphatic hydroxyl groups excluding tert-OH is 1. The van der Waals surface area contributed by atoms with E-state index in [2.05, 4.69) is 32.9 Å². The van der Waals surface area contributed by atoms with Crippen molar-refractivity contribution in [2.24, 2.45) is 0 Å². The number of aliphatic carboxylic acids is 1. The first-order valence-electron chi connectivity index (χ1n) is 16.0. The Morgan fingerprint density at radius 3 is 2.65 bits per heavy atom. The molecule has 17 heteroatoms. The predicted molar refractivity (Wildman–Crippen MR) is 175 cm³/mol. The first kappa shape index (κ1) is 37.8. The van der Waals surface area contributed by atoms with Gasteiger partial charge in [-0.05, 0) is 25.3 Å². The number of ether oxygens (including phenoxy) is 2. The number of carbonyl (C=O) groups excluding carboxylic acids is 1. The number of esters is 1. The zero-order valence-corrected chi connectivity index (χ0v) is 28.3. The first-order chi connectivity index (χ1) is 23.4. The molecule has 1 aliphatic heterocycles. The van der Waals surface area contributed by atoms with Gasteiger partial charge >= 0.3 is 25.8 Å². The molecule has 1 aromatic carbocycles. The minimum absolute atomic E-state index is 0.0230. The van der Waals surface area contributed by atoms with E-state index >= 15 is 0 Å². The highest BCUT2D eigenvalue weighted by Gasteiger charge is 2.50. The van der Waals surface area contributed by atoms with Gasteiger partial charge in [-0.3, -0.25) is 18.4 Å². The van der Waals surface area contributed by atoms with Crippen LogP contribution in [0.1, 0.15) is 70.6 Å². The van der Waals surface area contributed by atoms with Crippen LogP contribution in [0.15, 0.2) is 36.7 Å². The number of benzene rings is 1. The maximum atomic E-state index is 14.3. The molecule has 15 nitrogen and oxygen atoms in total. The number of fused-ring (bicyclic) bond motifs is 1. The van der Waals surface area contributed by atoms with Crippen LogP contribution in [0.3, 0.4) is 0 Å². The van der Waals surface area contributed by atoms with Crippen molar-refractivity contribution in [1.82, 2.24) is 24.6 Å². The van der Waals surface area contributed by atoms with Crippen molar-refractivity contribution in [2.45, 2.75) is 95.3 Å². The third-order valence-corrected chi connectivity index (χ3v) is 9.69.